The van der Waals surface area contributed by atoms with Crippen molar-refractivity contribution in [3.05, 3.63) is 35.4 Å². The van der Waals surface area contributed by atoms with Gasteiger partial charge in [0.2, 0.25) is 0 Å². The molecule has 4 heteroatoms. The fraction of sp³-hybridized carbons (Fsp3) is 0.538. The third kappa shape index (κ3) is 5.24. The monoisotopic (exact) mass is 242 g/mol. The van der Waals surface area contributed by atoms with Crippen molar-refractivity contribution in [3.63, 3.8) is 0 Å². The first-order chi connectivity index (χ1) is 8.13. The molecule has 1 rings (SSSR count). The first-order valence-electron chi connectivity index (χ1n) is 5.98. The minimum absolute atomic E-state index is 0.519. The molecule has 0 aromatic heterocycles. The highest BCUT2D eigenvalue weighted by Crippen LogP contribution is 2.08. The summed E-state index contributed by atoms with van der Waals surface area (Å²) in [7, 11) is 0. The molecular weight excluding hydrogens is 222 g/mol. The average Bonchev–Trinajstić information content (AvgIpc) is 2.33. The predicted molar refractivity (Wildman–Crippen MR) is 65.8 cm³/mol. The number of hydrogen-bond acceptors (Lipinski definition) is 2. The van der Waals surface area contributed by atoms with Gasteiger partial charge in [-0.05, 0) is 56.1 Å². The second kappa shape index (κ2) is 7.35. The lowest BCUT2D eigenvalue weighted by molar-refractivity contribution is 0.503. The smallest absolute Gasteiger partial charge is 0.159 e. The van der Waals surface area contributed by atoms with Crippen molar-refractivity contribution in [2.24, 2.45) is 11.7 Å². The minimum atomic E-state index is -0.793. The van der Waals surface area contributed by atoms with E-state index in [9.17, 15) is 8.78 Å². The molecule has 1 aromatic carbocycles. The van der Waals surface area contributed by atoms with Crippen LogP contribution < -0.4 is 11.1 Å². The molecule has 0 aliphatic rings. The SMILES string of the molecule is CC(CN)CCNCCc1ccc(F)c(F)c1. The van der Waals surface area contributed by atoms with Gasteiger partial charge in [-0.2, -0.15) is 0 Å². The van der Waals surface area contributed by atoms with Crippen LogP contribution in [0, 0.1) is 17.6 Å². The predicted octanol–water partition coefficient (Wildman–Crippen LogP) is 2.08. The molecule has 17 heavy (non-hydrogen) atoms. The maximum atomic E-state index is 12.9. The normalized spacial score (nSPS) is 12.7. The first kappa shape index (κ1) is 14.1. The van der Waals surface area contributed by atoms with Gasteiger partial charge in [-0.3, -0.25) is 0 Å². The van der Waals surface area contributed by atoms with Crippen molar-refractivity contribution in [1.29, 1.82) is 0 Å². The van der Waals surface area contributed by atoms with Gasteiger partial charge in [-0.15, -0.1) is 0 Å². The summed E-state index contributed by atoms with van der Waals surface area (Å²) >= 11 is 0. The zero-order valence-electron chi connectivity index (χ0n) is 10.2. The van der Waals surface area contributed by atoms with E-state index in [0.29, 0.717) is 18.9 Å². The van der Waals surface area contributed by atoms with Crippen LogP contribution in [0.5, 0.6) is 0 Å². The molecule has 3 N–H and O–H groups in total. The van der Waals surface area contributed by atoms with Gasteiger partial charge in [0.15, 0.2) is 11.6 Å². The van der Waals surface area contributed by atoms with E-state index in [4.69, 9.17) is 5.73 Å². The Balaban J connectivity index is 2.20. The van der Waals surface area contributed by atoms with Crippen LogP contribution in [0.15, 0.2) is 18.2 Å². The van der Waals surface area contributed by atoms with Crippen LogP contribution in [0.3, 0.4) is 0 Å². The van der Waals surface area contributed by atoms with Crippen LogP contribution in [0.1, 0.15) is 18.9 Å². The van der Waals surface area contributed by atoms with Crippen LogP contribution in [-0.4, -0.2) is 19.6 Å². The van der Waals surface area contributed by atoms with Gasteiger partial charge in [0, 0.05) is 0 Å². The molecule has 1 unspecified atom stereocenters. The largest absolute Gasteiger partial charge is 0.330 e. The number of halogens is 2. The third-order valence-corrected chi connectivity index (χ3v) is 2.79. The summed E-state index contributed by atoms with van der Waals surface area (Å²) in [5, 5.41) is 3.26. The van der Waals surface area contributed by atoms with Gasteiger partial charge < -0.3 is 11.1 Å². The Hall–Kier alpha value is -1.00. The van der Waals surface area contributed by atoms with Crippen LogP contribution in [0.2, 0.25) is 0 Å². The molecule has 0 amide bonds. The second-order valence-electron chi connectivity index (χ2n) is 4.38. The Morgan fingerprint density at radius 2 is 2.00 bits per heavy atom. The van der Waals surface area contributed by atoms with Gasteiger partial charge in [-0.25, -0.2) is 8.78 Å². The van der Waals surface area contributed by atoms with E-state index in [-0.39, 0.29) is 0 Å². The number of rotatable bonds is 7. The van der Waals surface area contributed by atoms with Crippen molar-refractivity contribution < 1.29 is 8.78 Å². The van der Waals surface area contributed by atoms with Crippen molar-refractivity contribution in [1.82, 2.24) is 5.32 Å². The highest BCUT2D eigenvalue weighted by atomic mass is 19.2. The standard InChI is InChI=1S/C13H20F2N2/c1-10(9-16)4-6-17-7-5-11-2-3-12(14)13(15)8-11/h2-3,8,10,17H,4-7,9,16H2,1H3. The van der Waals surface area contributed by atoms with E-state index < -0.39 is 11.6 Å². The van der Waals surface area contributed by atoms with E-state index in [0.717, 1.165) is 25.1 Å². The Kier molecular flexibility index (Phi) is 6.08. The molecule has 0 aliphatic carbocycles. The lowest BCUT2D eigenvalue weighted by Crippen LogP contribution is -2.22. The minimum Gasteiger partial charge on any atom is -0.330 e. The van der Waals surface area contributed by atoms with E-state index in [1.54, 1.807) is 6.07 Å². The molecule has 0 heterocycles. The summed E-state index contributed by atoms with van der Waals surface area (Å²) in [5.41, 5.74) is 6.31. The second-order valence-corrected chi connectivity index (χ2v) is 4.38. The van der Waals surface area contributed by atoms with Gasteiger partial charge in [0.05, 0.1) is 0 Å². The summed E-state index contributed by atoms with van der Waals surface area (Å²) < 4.78 is 25.6. The maximum Gasteiger partial charge on any atom is 0.159 e. The van der Waals surface area contributed by atoms with E-state index in [1.165, 1.54) is 12.1 Å². The topological polar surface area (TPSA) is 38.0 Å². The highest BCUT2D eigenvalue weighted by molar-refractivity contribution is 5.17. The lowest BCUT2D eigenvalue weighted by atomic mass is 10.1. The summed E-state index contributed by atoms with van der Waals surface area (Å²) in [5.74, 6) is -1.05. The van der Waals surface area contributed by atoms with Gasteiger partial charge in [0.1, 0.15) is 0 Å². The van der Waals surface area contributed by atoms with Crippen molar-refractivity contribution in [2.45, 2.75) is 19.8 Å². The summed E-state index contributed by atoms with van der Waals surface area (Å²) in [4.78, 5) is 0. The van der Waals surface area contributed by atoms with Crippen LogP contribution in [-0.2, 0) is 6.42 Å². The summed E-state index contributed by atoms with van der Waals surface area (Å²) in [6, 6.07) is 4.03. The Bertz CT molecular complexity index is 342. The molecule has 1 aromatic rings. The van der Waals surface area contributed by atoms with Crippen molar-refractivity contribution in [2.75, 3.05) is 19.6 Å². The number of benzene rings is 1. The molecule has 1 atom stereocenters. The lowest BCUT2D eigenvalue weighted by Gasteiger charge is -2.09. The molecule has 0 radical (unpaired) electrons. The van der Waals surface area contributed by atoms with Crippen molar-refractivity contribution in [3.8, 4) is 0 Å². The Morgan fingerprint density at radius 1 is 1.24 bits per heavy atom. The zero-order chi connectivity index (χ0) is 12.7. The molecule has 0 aliphatic heterocycles. The van der Waals surface area contributed by atoms with E-state index in [1.807, 2.05) is 0 Å². The average molecular weight is 242 g/mol. The molecule has 2 nitrogen and oxygen atoms in total. The molecule has 0 saturated heterocycles. The van der Waals surface area contributed by atoms with E-state index >= 15 is 0 Å². The fourth-order valence-electron chi connectivity index (χ4n) is 1.52. The summed E-state index contributed by atoms with van der Waals surface area (Å²) in [6.07, 6.45) is 1.74. The van der Waals surface area contributed by atoms with Crippen LogP contribution in [0.4, 0.5) is 8.78 Å². The van der Waals surface area contributed by atoms with Gasteiger partial charge in [-0.1, -0.05) is 13.0 Å². The van der Waals surface area contributed by atoms with Gasteiger partial charge >= 0.3 is 0 Å². The van der Waals surface area contributed by atoms with E-state index in [2.05, 4.69) is 12.2 Å². The first-order valence-corrected chi connectivity index (χ1v) is 5.98. The quantitative estimate of drug-likeness (QED) is 0.718. The molecule has 96 valence electrons. The molecule has 0 bridgehead atoms. The maximum absolute atomic E-state index is 12.9. The van der Waals surface area contributed by atoms with Crippen LogP contribution >= 0.6 is 0 Å². The van der Waals surface area contributed by atoms with Gasteiger partial charge in [0.25, 0.3) is 0 Å². The Morgan fingerprint density at radius 3 is 2.65 bits per heavy atom. The number of nitrogens with one attached hydrogen (secondary N) is 1. The molecule has 0 spiro atoms. The zero-order valence-corrected chi connectivity index (χ0v) is 10.2. The fourth-order valence-corrected chi connectivity index (χ4v) is 1.52. The molecule has 0 saturated carbocycles. The Labute approximate surface area is 101 Å². The number of hydrogen-bond donors (Lipinski definition) is 2. The number of nitrogens with two attached hydrogens (primary N) is 1. The molecule has 0 fully saturated rings. The van der Waals surface area contributed by atoms with Crippen molar-refractivity contribution >= 4 is 0 Å². The summed E-state index contributed by atoms with van der Waals surface area (Å²) in [6.45, 7) is 4.48. The highest BCUT2D eigenvalue weighted by Gasteiger charge is 2.02. The van der Waals surface area contributed by atoms with Crippen LogP contribution in [0.25, 0.3) is 0 Å². The third-order valence-electron chi connectivity index (χ3n) is 2.79. The molecular formula is C13H20F2N2.